The second-order valence-electron chi connectivity index (χ2n) is 2.83. The minimum absolute atomic E-state index is 0.104. The number of ether oxygens (including phenoxy) is 1. The number of esters is 1. The van der Waals surface area contributed by atoms with Gasteiger partial charge in [0.1, 0.15) is 0 Å². The summed E-state index contributed by atoms with van der Waals surface area (Å²) in [5.74, 6) is -0.437. The Morgan fingerprint density at radius 2 is 2.38 bits per heavy atom. The van der Waals surface area contributed by atoms with E-state index in [1.54, 1.807) is 12.3 Å². The van der Waals surface area contributed by atoms with E-state index in [2.05, 4.69) is 22.9 Å². The van der Waals surface area contributed by atoms with Gasteiger partial charge in [-0.2, -0.15) is 12.6 Å². The highest BCUT2D eigenvalue weighted by molar-refractivity contribution is 7.81. The lowest BCUT2D eigenvalue weighted by Gasteiger charge is -1.98. The molecule has 0 saturated heterocycles. The molecule has 1 N–H and O–H groups in total. The molecule has 0 fully saturated rings. The zero-order valence-corrected chi connectivity index (χ0v) is 10.4. The van der Waals surface area contributed by atoms with Crippen LogP contribution in [-0.4, -0.2) is 29.2 Å². The van der Waals surface area contributed by atoms with Crippen molar-refractivity contribution in [3.8, 4) is 0 Å². The van der Waals surface area contributed by atoms with Crippen LogP contribution in [0.25, 0.3) is 0 Å². The molecule has 0 aliphatic rings. The molecule has 0 unspecified atom stereocenters. The number of rotatable bonds is 5. The third-order valence-corrected chi connectivity index (χ3v) is 2.67. The second-order valence-corrected chi connectivity index (χ2v) is 4.01. The van der Waals surface area contributed by atoms with Crippen molar-refractivity contribution in [2.45, 2.75) is 13.3 Å². The van der Waals surface area contributed by atoms with Crippen LogP contribution in [0.15, 0.2) is 5.38 Å². The molecule has 0 aromatic carbocycles. The summed E-state index contributed by atoms with van der Waals surface area (Å²) >= 11 is 5.10. The number of nitrogens with one attached hydrogen (secondary N) is 1. The van der Waals surface area contributed by atoms with Crippen molar-refractivity contribution in [1.82, 2.24) is 4.98 Å². The van der Waals surface area contributed by atoms with E-state index < -0.39 is 0 Å². The standard InChI is InChI=1S/C9H12N2O3S2/c1-2-14-8(13)3-6-5-16-9(10-6)11-7(12)4-15/h5,15H,2-4H2,1H3,(H,10,11,12). The van der Waals surface area contributed by atoms with Crippen LogP contribution in [0.4, 0.5) is 5.13 Å². The van der Waals surface area contributed by atoms with Gasteiger partial charge < -0.3 is 10.1 Å². The summed E-state index contributed by atoms with van der Waals surface area (Å²) in [7, 11) is 0. The summed E-state index contributed by atoms with van der Waals surface area (Å²) < 4.78 is 4.78. The van der Waals surface area contributed by atoms with E-state index >= 15 is 0 Å². The summed E-state index contributed by atoms with van der Waals surface area (Å²) in [4.78, 5) is 26.2. The van der Waals surface area contributed by atoms with E-state index in [1.165, 1.54) is 11.3 Å². The van der Waals surface area contributed by atoms with Crippen molar-refractivity contribution >= 4 is 41.0 Å². The summed E-state index contributed by atoms with van der Waals surface area (Å²) in [6.07, 6.45) is 0.126. The van der Waals surface area contributed by atoms with Gasteiger partial charge in [0, 0.05) is 5.38 Å². The number of thiol groups is 1. The first-order valence-electron chi connectivity index (χ1n) is 4.66. The molecule has 0 radical (unpaired) electrons. The number of carbonyl (C=O) groups is 2. The molecule has 1 aromatic heterocycles. The maximum Gasteiger partial charge on any atom is 0.311 e. The average Bonchev–Trinajstić information content (AvgIpc) is 2.65. The van der Waals surface area contributed by atoms with Crippen LogP contribution in [0.5, 0.6) is 0 Å². The SMILES string of the molecule is CCOC(=O)Cc1csc(NC(=O)CS)n1. The molecule has 0 aliphatic carbocycles. The summed E-state index contributed by atoms with van der Waals surface area (Å²) in [6.45, 7) is 2.10. The van der Waals surface area contributed by atoms with Crippen molar-refractivity contribution in [3.05, 3.63) is 11.1 Å². The van der Waals surface area contributed by atoms with Crippen LogP contribution in [0, 0.1) is 0 Å². The third kappa shape index (κ3) is 4.19. The smallest absolute Gasteiger partial charge is 0.311 e. The highest BCUT2D eigenvalue weighted by Crippen LogP contribution is 2.15. The van der Waals surface area contributed by atoms with E-state index in [0.717, 1.165) is 0 Å². The van der Waals surface area contributed by atoms with E-state index in [1.807, 2.05) is 0 Å². The maximum absolute atomic E-state index is 11.1. The number of thiazole rings is 1. The van der Waals surface area contributed by atoms with Gasteiger partial charge >= 0.3 is 5.97 Å². The van der Waals surface area contributed by atoms with Gasteiger partial charge in [0.05, 0.1) is 24.5 Å². The first-order valence-corrected chi connectivity index (χ1v) is 6.17. The fraction of sp³-hybridized carbons (Fsp3) is 0.444. The highest BCUT2D eigenvalue weighted by atomic mass is 32.1. The molecule has 0 aliphatic heterocycles. The topological polar surface area (TPSA) is 68.3 Å². The zero-order valence-electron chi connectivity index (χ0n) is 8.73. The molecule has 5 nitrogen and oxygen atoms in total. The van der Waals surface area contributed by atoms with Crippen molar-refractivity contribution in [2.75, 3.05) is 17.7 Å². The molecule has 1 aromatic rings. The van der Waals surface area contributed by atoms with Crippen molar-refractivity contribution < 1.29 is 14.3 Å². The predicted octanol–water partition coefficient (Wildman–Crippen LogP) is 1.12. The van der Waals surface area contributed by atoms with Crippen LogP contribution in [-0.2, 0) is 20.7 Å². The number of amides is 1. The summed E-state index contributed by atoms with van der Waals surface area (Å²) in [5, 5.41) is 4.74. The van der Waals surface area contributed by atoms with Gasteiger partial charge in [0.15, 0.2) is 5.13 Å². The van der Waals surface area contributed by atoms with Crippen LogP contribution in [0.3, 0.4) is 0 Å². The van der Waals surface area contributed by atoms with Crippen molar-refractivity contribution in [3.63, 3.8) is 0 Å². The Morgan fingerprint density at radius 3 is 3.00 bits per heavy atom. The molecule has 7 heteroatoms. The van der Waals surface area contributed by atoms with Crippen LogP contribution in [0.2, 0.25) is 0 Å². The van der Waals surface area contributed by atoms with Crippen LogP contribution in [0.1, 0.15) is 12.6 Å². The monoisotopic (exact) mass is 260 g/mol. The number of aromatic nitrogens is 1. The molecule has 16 heavy (non-hydrogen) atoms. The van der Waals surface area contributed by atoms with Gasteiger partial charge in [0.25, 0.3) is 0 Å². The van der Waals surface area contributed by atoms with E-state index in [0.29, 0.717) is 17.4 Å². The highest BCUT2D eigenvalue weighted by Gasteiger charge is 2.09. The quantitative estimate of drug-likeness (QED) is 0.615. The van der Waals surface area contributed by atoms with Crippen LogP contribution >= 0.6 is 24.0 Å². The zero-order chi connectivity index (χ0) is 12.0. The molecule has 0 spiro atoms. The number of carbonyl (C=O) groups excluding carboxylic acids is 2. The lowest BCUT2D eigenvalue weighted by molar-refractivity contribution is -0.142. The van der Waals surface area contributed by atoms with E-state index in [-0.39, 0.29) is 24.1 Å². The third-order valence-electron chi connectivity index (χ3n) is 1.57. The fourth-order valence-electron chi connectivity index (χ4n) is 0.964. The molecule has 1 amide bonds. The van der Waals surface area contributed by atoms with Gasteiger partial charge in [-0.1, -0.05) is 0 Å². The Hall–Kier alpha value is -1.08. The van der Waals surface area contributed by atoms with Gasteiger partial charge in [0.2, 0.25) is 5.91 Å². The molecule has 0 atom stereocenters. The number of hydrogen-bond donors (Lipinski definition) is 2. The predicted molar refractivity (Wildman–Crippen MR) is 64.9 cm³/mol. The first kappa shape index (κ1) is 13.0. The Balaban J connectivity index is 2.51. The lowest BCUT2D eigenvalue weighted by Crippen LogP contribution is -2.12. The normalized spacial score (nSPS) is 9.88. The van der Waals surface area contributed by atoms with Crippen LogP contribution < -0.4 is 5.32 Å². The fourth-order valence-corrected chi connectivity index (χ4v) is 1.77. The Morgan fingerprint density at radius 1 is 1.62 bits per heavy atom. The molecular weight excluding hydrogens is 248 g/mol. The largest absolute Gasteiger partial charge is 0.466 e. The molecular formula is C9H12N2O3S2. The molecule has 1 rings (SSSR count). The minimum atomic E-state index is -0.320. The lowest BCUT2D eigenvalue weighted by atomic mass is 10.3. The maximum atomic E-state index is 11.1. The molecule has 88 valence electrons. The Labute approximate surface area is 103 Å². The van der Waals surface area contributed by atoms with Gasteiger partial charge in [-0.05, 0) is 6.92 Å². The Kier molecular flexibility index (Phi) is 5.27. The van der Waals surface area contributed by atoms with E-state index in [4.69, 9.17) is 4.74 Å². The average molecular weight is 260 g/mol. The minimum Gasteiger partial charge on any atom is -0.466 e. The van der Waals surface area contributed by atoms with E-state index in [9.17, 15) is 9.59 Å². The van der Waals surface area contributed by atoms with Gasteiger partial charge in [-0.25, -0.2) is 4.98 Å². The summed E-state index contributed by atoms with van der Waals surface area (Å²) in [6, 6.07) is 0. The van der Waals surface area contributed by atoms with Gasteiger partial charge in [-0.3, -0.25) is 9.59 Å². The first-order chi connectivity index (χ1) is 7.65. The Bertz CT molecular complexity index is 379. The number of nitrogens with zero attached hydrogens (tertiary/aromatic N) is 1. The molecule has 0 bridgehead atoms. The van der Waals surface area contributed by atoms with Crippen molar-refractivity contribution in [1.29, 1.82) is 0 Å². The number of hydrogen-bond acceptors (Lipinski definition) is 6. The van der Waals surface area contributed by atoms with Gasteiger partial charge in [-0.15, -0.1) is 11.3 Å². The molecule has 1 heterocycles. The van der Waals surface area contributed by atoms with Crippen molar-refractivity contribution in [2.24, 2.45) is 0 Å². The summed E-state index contributed by atoms with van der Waals surface area (Å²) in [5.41, 5.74) is 0.595. The second kappa shape index (κ2) is 6.49. The number of anilines is 1. The molecule has 0 saturated carbocycles.